The lowest BCUT2D eigenvalue weighted by atomic mass is 9.95. The van der Waals surface area contributed by atoms with Crippen LogP contribution in [0.3, 0.4) is 0 Å². The molecule has 0 radical (unpaired) electrons. The number of carbonyl (C=O) groups excluding carboxylic acids is 3. The van der Waals surface area contributed by atoms with Gasteiger partial charge < -0.3 is 0 Å². The molecule has 2 aromatic carbocycles. The van der Waals surface area contributed by atoms with E-state index < -0.39 is 40.1 Å². The zero-order valence-corrected chi connectivity index (χ0v) is 15.1. The number of amides is 3. The van der Waals surface area contributed by atoms with Crippen molar-refractivity contribution in [3.05, 3.63) is 77.4 Å². The first-order valence-electron chi connectivity index (χ1n) is 8.31. The molecule has 3 amide bonds. The minimum Gasteiger partial charge on any atom is -0.271 e. The van der Waals surface area contributed by atoms with E-state index in [9.17, 15) is 27.4 Å². The van der Waals surface area contributed by atoms with Gasteiger partial charge in [-0.1, -0.05) is 54.6 Å². The number of benzene rings is 2. The fourth-order valence-electron chi connectivity index (χ4n) is 3.42. The zero-order valence-electron chi connectivity index (χ0n) is 14.3. The molecule has 2 unspecified atom stereocenters. The molecule has 0 aliphatic carbocycles. The van der Waals surface area contributed by atoms with Crippen molar-refractivity contribution in [3.8, 4) is 0 Å². The average Bonchev–Trinajstić information content (AvgIpc) is 2.90. The van der Waals surface area contributed by atoms with E-state index in [1.54, 1.807) is 48.5 Å². The lowest BCUT2D eigenvalue weighted by molar-refractivity contribution is -0.143. The Labute approximate surface area is 160 Å². The van der Waals surface area contributed by atoms with Crippen molar-refractivity contribution >= 4 is 34.1 Å². The van der Waals surface area contributed by atoms with Crippen LogP contribution >= 0.6 is 0 Å². The molecule has 4 rings (SSSR count). The van der Waals surface area contributed by atoms with Crippen molar-refractivity contribution in [1.82, 2.24) is 9.21 Å². The first-order valence-corrected chi connectivity index (χ1v) is 9.71. The molecule has 0 spiro atoms. The minimum absolute atomic E-state index is 0.149. The predicted molar refractivity (Wildman–Crippen MR) is 98.4 cm³/mol. The molecule has 2 atom stereocenters. The second-order valence-electron chi connectivity index (χ2n) is 6.34. The first kappa shape index (κ1) is 18.1. The number of fused-ring (bicyclic) bond motifs is 1. The quantitative estimate of drug-likeness (QED) is 0.473. The summed E-state index contributed by atoms with van der Waals surface area (Å²) >= 11 is 0. The predicted octanol–water partition coefficient (Wildman–Crippen LogP) is 1.38. The molecule has 0 aromatic heterocycles. The van der Waals surface area contributed by atoms with Crippen LogP contribution in [-0.2, 0) is 15.1 Å². The third-order valence-corrected chi connectivity index (χ3v) is 5.62. The Balaban J connectivity index is 1.72. The fraction of sp³-hybridized carbons (Fsp3) is 0.105. The van der Waals surface area contributed by atoms with Crippen LogP contribution < -0.4 is 0 Å². The lowest BCUT2D eigenvalue weighted by Gasteiger charge is -2.45. The molecule has 1 saturated heterocycles. The van der Waals surface area contributed by atoms with Crippen molar-refractivity contribution in [3.63, 3.8) is 0 Å². The van der Waals surface area contributed by atoms with Crippen molar-refractivity contribution < 1.29 is 27.4 Å². The largest absolute Gasteiger partial charge is 0.362 e. The SMILES string of the molecule is O=C1c2ccccc2C(=O)N1C1C(=O)N(S(=O)(=O)O)C1/C=C\c1ccccc1. The van der Waals surface area contributed by atoms with Gasteiger partial charge in [0.05, 0.1) is 17.2 Å². The molecule has 142 valence electrons. The van der Waals surface area contributed by atoms with E-state index in [0.29, 0.717) is 0 Å². The van der Waals surface area contributed by atoms with Gasteiger partial charge in [0.25, 0.3) is 17.7 Å². The molecule has 2 aliphatic rings. The molecular formula is C19H14N2O6S. The molecule has 2 aromatic rings. The Morgan fingerprint density at radius 2 is 1.39 bits per heavy atom. The van der Waals surface area contributed by atoms with Crippen LogP contribution in [-0.4, -0.2) is 52.0 Å². The second kappa shape index (κ2) is 6.39. The van der Waals surface area contributed by atoms with Gasteiger partial charge >= 0.3 is 10.3 Å². The standard InChI is InChI=1S/C19H14N2O6S/c22-17-13-8-4-5-9-14(13)18(23)20(17)16-15(21(19(16)24)28(25,26)27)11-10-12-6-2-1-3-7-12/h1-11,15-16H,(H,25,26,27)/b11-10-. The van der Waals surface area contributed by atoms with Crippen LogP contribution in [0.15, 0.2) is 60.7 Å². The molecule has 2 aliphatic heterocycles. The highest BCUT2D eigenvalue weighted by molar-refractivity contribution is 7.84. The Kier molecular flexibility index (Phi) is 4.13. The van der Waals surface area contributed by atoms with Crippen molar-refractivity contribution in [2.75, 3.05) is 0 Å². The van der Waals surface area contributed by atoms with Crippen molar-refractivity contribution in [2.24, 2.45) is 0 Å². The minimum atomic E-state index is -4.85. The van der Waals surface area contributed by atoms with Crippen LogP contribution in [0.4, 0.5) is 0 Å². The smallest absolute Gasteiger partial charge is 0.271 e. The van der Waals surface area contributed by atoms with Crippen LogP contribution in [0.25, 0.3) is 6.08 Å². The highest BCUT2D eigenvalue weighted by atomic mass is 32.2. The molecule has 2 heterocycles. The second-order valence-corrected chi connectivity index (χ2v) is 7.63. The fourth-order valence-corrected chi connectivity index (χ4v) is 4.25. The van der Waals surface area contributed by atoms with E-state index in [4.69, 9.17) is 0 Å². The van der Waals surface area contributed by atoms with Gasteiger partial charge in [-0.05, 0) is 17.7 Å². The van der Waals surface area contributed by atoms with Crippen molar-refractivity contribution in [2.45, 2.75) is 12.1 Å². The Hall–Kier alpha value is -3.30. The van der Waals surface area contributed by atoms with E-state index in [0.717, 1.165) is 10.5 Å². The Bertz CT molecular complexity index is 1090. The average molecular weight is 398 g/mol. The van der Waals surface area contributed by atoms with Gasteiger partial charge in [-0.15, -0.1) is 0 Å². The van der Waals surface area contributed by atoms with Gasteiger partial charge in [-0.2, -0.15) is 8.42 Å². The summed E-state index contributed by atoms with van der Waals surface area (Å²) in [5.41, 5.74) is 1.02. The molecule has 0 bridgehead atoms. The van der Waals surface area contributed by atoms with Crippen LogP contribution in [0.5, 0.6) is 0 Å². The summed E-state index contributed by atoms with van der Waals surface area (Å²) in [6.45, 7) is 0. The summed E-state index contributed by atoms with van der Waals surface area (Å²) in [4.78, 5) is 38.5. The van der Waals surface area contributed by atoms with E-state index in [1.165, 1.54) is 18.2 Å². The zero-order chi connectivity index (χ0) is 20.1. The molecule has 1 N–H and O–H groups in total. The summed E-state index contributed by atoms with van der Waals surface area (Å²) in [5, 5.41) is 0. The van der Waals surface area contributed by atoms with Gasteiger partial charge in [0, 0.05) is 0 Å². The van der Waals surface area contributed by atoms with E-state index in [-0.39, 0.29) is 15.4 Å². The van der Waals surface area contributed by atoms with Gasteiger partial charge in [0.15, 0.2) is 0 Å². The summed E-state index contributed by atoms with van der Waals surface area (Å²) in [5.74, 6) is -2.39. The third-order valence-electron chi connectivity index (χ3n) is 4.70. The van der Waals surface area contributed by atoms with Crippen LogP contribution in [0.1, 0.15) is 26.3 Å². The maximum absolute atomic E-state index is 12.7. The van der Waals surface area contributed by atoms with E-state index in [1.807, 2.05) is 0 Å². The number of β-lactam (4-membered cyclic amide) rings is 1. The molecule has 9 heteroatoms. The third kappa shape index (κ3) is 2.72. The molecule has 28 heavy (non-hydrogen) atoms. The highest BCUT2D eigenvalue weighted by Gasteiger charge is 2.59. The van der Waals surface area contributed by atoms with E-state index in [2.05, 4.69) is 0 Å². The van der Waals surface area contributed by atoms with Gasteiger partial charge in [0.1, 0.15) is 6.04 Å². The number of imide groups is 1. The number of carbonyl (C=O) groups is 3. The first-order chi connectivity index (χ1) is 13.3. The highest BCUT2D eigenvalue weighted by Crippen LogP contribution is 2.35. The topological polar surface area (TPSA) is 112 Å². The van der Waals surface area contributed by atoms with Gasteiger partial charge in [-0.25, -0.2) is 4.31 Å². The Morgan fingerprint density at radius 3 is 1.93 bits per heavy atom. The molecule has 1 fully saturated rings. The number of hydrogen-bond donors (Lipinski definition) is 1. The van der Waals surface area contributed by atoms with E-state index >= 15 is 0 Å². The maximum Gasteiger partial charge on any atom is 0.362 e. The number of rotatable bonds is 4. The Morgan fingerprint density at radius 1 is 0.857 bits per heavy atom. The van der Waals surface area contributed by atoms with Crippen molar-refractivity contribution in [1.29, 1.82) is 0 Å². The van der Waals surface area contributed by atoms with Gasteiger partial charge in [0.2, 0.25) is 0 Å². The normalized spacial score (nSPS) is 22.0. The number of hydrogen-bond acceptors (Lipinski definition) is 5. The van der Waals surface area contributed by atoms with Crippen LogP contribution in [0, 0.1) is 0 Å². The number of nitrogens with zero attached hydrogens (tertiary/aromatic N) is 2. The molecular weight excluding hydrogens is 384 g/mol. The summed E-state index contributed by atoms with van der Waals surface area (Å²) in [7, 11) is -4.85. The van der Waals surface area contributed by atoms with Gasteiger partial charge in [-0.3, -0.25) is 23.8 Å². The van der Waals surface area contributed by atoms with Crippen LogP contribution in [0.2, 0.25) is 0 Å². The summed E-state index contributed by atoms with van der Waals surface area (Å²) in [6, 6.07) is 12.4. The summed E-state index contributed by atoms with van der Waals surface area (Å²) < 4.78 is 32.9. The molecule has 0 saturated carbocycles. The summed E-state index contributed by atoms with van der Waals surface area (Å²) in [6.07, 6.45) is 2.93. The monoisotopic (exact) mass is 398 g/mol. The molecule has 8 nitrogen and oxygen atoms in total. The maximum atomic E-state index is 12.7. The lowest BCUT2D eigenvalue weighted by Crippen LogP contribution is -2.72.